The largest absolute Gasteiger partial charge is 0.461 e. The summed E-state index contributed by atoms with van der Waals surface area (Å²) in [5.74, 6) is -1.38. The number of hydrogen-bond donors (Lipinski definition) is 0. The third-order valence-electron chi connectivity index (χ3n) is 2.37. The number of nitrogens with zero attached hydrogens (tertiary/aromatic N) is 2. The second kappa shape index (κ2) is 5.88. The third-order valence-corrected chi connectivity index (χ3v) is 3.51. The molecule has 0 fully saturated rings. The van der Waals surface area contributed by atoms with Crippen molar-refractivity contribution in [2.24, 2.45) is 7.05 Å². The molecule has 0 bridgehead atoms. The molecule has 2 rings (SSSR count). The Bertz CT molecular complexity index is 584. The minimum atomic E-state index is -0.740. The van der Waals surface area contributed by atoms with E-state index in [1.54, 1.807) is 14.0 Å². The van der Waals surface area contributed by atoms with Crippen LogP contribution < -0.4 is 0 Å². The lowest BCUT2D eigenvalue weighted by Crippen LogP contribution is -2.07. The van der Waals surface area contributed by atoms with Crippen LogP contribution in [0, 0.1) is 5.82 Å². The van der Waals surface area contributed by atoms with E-state index in [2.05, 4.69) is 5.10 Å². The maximum absolute atomic E-state index is 14.1. The highest BCUT2D eigenvalue weighted by Gasteiger charge is 2.23. The number of ether oxygens (including phenoxy) is 1. The number of rotatable bonds is 4. The van der Waals surface area contributed by atoms with Crippen LogP contribution in [0.15, 0.2) is 40.3 Å². The molecule has 0 atom stereocenters. The van der Waals surface area contributed by atoms with Crippen LogP contribution in [0.5, 0.6) is 0 Å². The van der Waals surface area contributed by atoms with Crippen molar-refractivity contribution in [1.29, 1.82) is 0 Å². The van der Waals surface area contributed by atoms with Gasteiger partial charge < -0.3 is 4.74 Å². The summed E-state index contributed by atoms with van der Waals surface area (Å²) in [5.41, 5.74) is -0.275. The number of aryl methyl sites for hydroxylation is 1. The highest BCUT2D eigenvalue weighted by Crippen LogP contribution is 2.30. The standard InChI is InChI=1S/C13H13FN2O2S/c1-3-18-13(17)11-10(14)12(16(2)15-11)19-9-7-5-4-6-8-9/h4-8H,3H2,1-2H3. The fourth-order valence-corrected chi connectivity index (χ4v) is 2.40. The molecule has 0 saturated carbocycles. The first kappa shape index (κ1) is 13.6. The second-order valence-electron chi connectivity index (χ2n) is 3.73. The molecular formula is C13H13FN2O2S. The quantitative estimate of drug-likeness (QED) is 0.808. The lowest BCUT2D eigenvalue weighted by molar-refractivity contribution is 0.0513. The van der Waals surface area contributed by atoms with Crippen LogP contribution in [0.1, 0.15) is 17.4 Å². The summed E-state index contributed by atoms with van der Waals surface area (Å²) in [6, 6.07) is 9.34. The average molecular weight is 280 g/mol. The lowest BCUT2D eigenvalue weighted by Gasteiger charge is -2.01. The lowest BCUT2D eigenvalue weighted by atomic mass is 10.4. The van der Waals surface area contributed by atoms with Gasteiger partial charge in [-0.25, -0.2) is 9.18 Å². The Morgan fingerprint density at radius 2 is 2.11 bits per heavy atom. The monoisotopic (exact) mass is 280 g/mol. The Hall–Kier alpha value is -1.82. The number of benzene rings is 1. The van der Waals surface area contributed by atoms with E-state index in [-0.39, 0.29) is 17.3 Å². The highest BCUT2D eigenvalue weighted by molar-refractivity contribution is 7.99. The van der Waals surface area contributed by atoms with Gasteiger partial charge in [0.15, 0.2) is 5.82 Å². The predicted molar refractivity (Wildman–Crippen MR) is 69.7 cm³/mol. The number of esters is 1. The van der Waals surface area contributed by atoms with Crippen LogP contribution in [0.25, 0.3) is 0 Å². The van der Waals surface area contributed by atoms with E-state index in [0.717, 1.165) is 4.90 Å². The summed E-state index contributed by atoms with van der Waals surface area (Å²) < 4.78 is 20.3. The summed E-state index contributed by atoms with van der Waals surface area (Å²) in [4.78, 5) is 12.4. The molecule has 6 heteroatoms. The van der Waals surface area contributed by atoms with Crippen molar-refractivity contribution in [2.75, 3.05) is 6.61 Å². The summed E-state index contributed by atoms with van der Waals surface area (Å²) >= 11 is 1.21. The minimum absolute atomic E-state index is 0.190. The molecule has 19 heavy (non-hydrogen) atoms. The molecule has 0 saturated heterocycles. The Morgan fingerprint density at radius 3 is 2.74 bits per heavy atom. The van der Waals surface area contributed by atoms with Gasteiger partial charge in [-0.05, 0) is 19.1 Å². The third kappa shape index (κ3) is 2.96. The van der Waals surface area contributed by atoms with E-state index in [0.29, 0.717) is 0 Å². The number of hydrogen-bond acceptors (Lipinski definition) is 4. The Balaban J connectivity index is 2.29. The van der Waals surface area contributed by atoms with Crippen LogP contribution in [0.2, 0.25) is 0 Å². The molecule has 100 valence electrons. The van der Waals surface area contributed by atoms with E-state index in [4.69, 9.17) is 4.74 Å². The smallest absolute Gasteiger partial charge is 0.361 e. The molecule has 0 amide bonds. The van der Waals surface area contributed by atoms with E-state index in [1.165, 1.54) is 16.4 Å². The van der Waals surface area contributed by atoms with Gasteiger partial charge in [-0.3, -0.25) is 4.68 Å². The topological polar surface area (TPSA) is 44.1 Å². The van der Waals surface area contributed by atoms with Crippen molar-refractivity contribution in [1.82, 2.24) is 9.78 Å². The number of carbonyl (C=O) groups is 1. The molecule has 2 aromatic rings. The summed E-state index contributed by atoms with van der Waals surface area (Å²) in [5, 5.41) is 4.16. The maximum Gasteiger partial charge on any atom is 0.361 e. The summed E-state index contributed by atoms with van der Waals surface area (Å²) in [6.07, 6.45) is 0. The molecule has 1 aromatic heterocycles. The van der Waals surface area contributed by atoms with E-state index < -0.39 is 11.8 Å². The van der Waals surface area contributed by atoms with Crippen molar-refractivity contribution in [3.8, 4) is 0 Å². The van der Waals surface area contributed by atoms with Crippen LogP contribution in [-0.4, -0.2) is 22.4 Å². The second-order valence-corrected chi connectivity index (χ2v) is 4.79. The van der Waals surface area contributed by atoms with Crippen molar-refractivity contribution < 1.29 is 13.9 Å². The zero-order valence-corrected chi connectivity index (χ0v) is 11.4. The van der Waals surface area contributed by atoms with Crippen LogP contribution in [-0.2, 0) is 11.8 Å². The van der Waals surface area contributed by atoms with Gasteiger partial charge in [0, 0.05) is 11.9 Å². The predicted octanol–water partition coefficient (Wildman–Crippen LogP) is 2.89. The number of carbonyl (C=O) groups excluding carboxylic acids is 1. The SMILES string of the molecule is CCOC(=O)c1nn(C)c(Sc2ccccc2)c1F. The first-order chi connectivity index (χ1) is 9.13. The van der Waals surface area contributed by atoms with Crippen LogP contribution in [0.3, 0.4) is 0 Å². The van der Waals surface area contributed by atoms with Crippen molar-refractivity contribution in [2.45, 2.75) is 16.8 Å². The van der Waals surface area contributed by atoms with Gasteiger partial charge in [0.05, 0.1) is 6.61 Å². The van der Waals surface area contributed by atoms with E-state index in [9.17, 15) is 9.18 Å². The normalized spacial score (nSPS) is 10.5. The first-order valence-corrected chi connectivity index (χ1v) is 6.57. The highest BCUT2D eigenvalue weighted by atomic mass is 32.2. The summed E-state index contributed by atoms with van der Waals surface area (Å²) in [6.45, 7) is 1.86. The molecule has 0 spiro atoms. The van der Waals surface area contributed by atoms with Crippen molar-refractivity contribution in [3.05, 3.63) is 41.8 Å². The maximum atomic E-state index is 14.1. The van der Waals surface area contributed by atoms with Gasteiger partial charge in [-0.15, -0.1) is 0 Å². The van der Waals surface area contributed by atoms with Gasteiger partial charge in [-0.1, -0.05) is 30.0 Å². The molecule has 0 aliphatic carbocycles. The fraction of sp³-hybridized carbons (Fsp3) is 0.231. The molecule has 0 N–H and O–H groups in total. The number of halogens is 1. The Morgan fingerprint density at radius 1 is 1.42 bits per heavy atom. The van der Waals surface area contributed by atoms with Gasteiger partial charge in [0.1, 0.15) is 5.03 Å². The molecule has 0 aliphatic rings. The van der Waals surface area contributed by atoms with E-state index >= 15 is 0 Å². The minimum Gasteiger partial charge on any atom is -0.461 e. The zero-order chi connectivity index (χ0) is 13.8. The fourth-order valence-electron chi connectivity index (χ4n) is 1.52. The molecule has 0 aliphatic heterocycles. The van der Waals surface area contributed by atoms with Crippen molar-refractivity contribution in [3.63, 3.8) is 0 Å². The van der Waals surface area contributed by atoms with Gasteiger partial charge in [0.2, 0.25) is 5.69 Å². The van der Waals surface area contributed by atoms with Gasteiger partial charge >= 0.3 is 5.97 Å². The Kier molecular flexibility index (Phi) is 4.21. The Labute approximate surface area is 114 Å². The first-order valence-electron chi connectivity index (χ1n) is 5.76. The molecule has 1 aromatic carbocycles. The molecule has 4 nitrogen and oxygen atoms in total. The van der Waals surface area contributed by atoms with Crippen LogP contribution >= 0.6 is 11.8 Å². The average Bonchev–Trinajstić information content (AvgIpc) is 2.68. The van der Waals surface area contributed by atoms with Gasteiger partial charge in [0.25, 0.3) is 0 Å². The molecule has 0 radical (unpaired) electrons. The summed E-state index contributed by atoms with van der Waals surface area (Å²) in [7, 11) is 1.59. The van der Waals surface area contributed by atoms with Gasteiger partial charge in [-0.2, -0.15) is 5.10 Å². The molecule has 0 unspecified atom stereocenters. The molecule has 1 heterocycles. The van der Waals surface area contributed by atoms with Crippen LogP contribution in [0.4, 0.5) is 4.39 Å². The van der Waals surface area contributed by atoms with E-state index in [1.807, 2.05) is 30.3 Å². The number of aromatic nitrogens is 2. The molecular weight excluding hydrogens is 267 g/mol. The van der Waals surface area contributed by atoms with Crippen molar-refractivity contribution >= 4 is 17.7 Å². The zero-order valence-electron chi connectivity index (χ0n) is 10.6.